The number of rotatable bonds is 3. The standard InChI is InChI=1S/C15H23NO/c1-3-13-8-10-16(11-9-13)15-7-5-4-6-14(15)12(2)17/h4-7,12-13,17H,3,8-11H2,1-2H3/t12-/m1/s1. The molecule has 1 aliphatic rings. The molecule has 2 heteroatoms. The first-order valence-corrected chi connectivity index (χ1v) is 6.74. The molecule has 94 valence electrons. The van der Waals surface area contributed by atoms with Crippen LogP contribution in [0.25, 0.3) is 0 Å². The minimum Gasteiger partial charge on any atom is -0.389 e. The predicted octanol–water partition coefficient (Wildman–Crippen LogP) is 3.37. The zero-order valence-electron chi connectivity index (χ0n) is 10.9. The molecule has 1 saturated heterocycles. The second-order valence-electron chi connectivity index (χ2n) is 5.07. The molecule has 0 bridgehead atoms. The molecule has 0 saturated carbocycles. The predicted molar refractivity (Wildman–Crippen MR) is 72.3 cm³/mol. The van der Waals surface area contributed by atoms with Crippen molar-refractivity contribution in [2.24, 2.45) is 5.92 Å². The third-order valence-electron chi connectivity index (χ3n) is 3.92. The number of nitrogens with zero attached hydrogens (tertiary/aromatic N) is 1. The summed E-state index contributed by atoms with van der Waals surface area (Å²) in [7, 11) is 0. The summed E-state index contributed by atoms with van der Waals surface area (Å²) in [6.45, 7) is 6.38. The lowest BCUT2D eigenvalue weighted by Gasteiger charge is -2.34. The Kier molecular flexibility index (Phi) is 4.06. The van der Waals surface area contributed by atoms with Crippen molar-refractivity contribution < 1.29 is 5.11 Å². The van der Waals surface area contributed by atoms with Gasteiger partial charge in [-0.2, -0.15) is 0 Å². The summed E-state index contributed by atoms with van der Waals surface area (Å²) in [5.74, 6) is 0.893. The van der Waals surface area contributed by atoms with Gasteiger partial charge in [-0.3, -0.25) is 0 Å². The summed E-state index contributed by atoms with van der Waals surface area (Å²) in [6.07, 6.45) is 3.48. The molecule has 0 aromatic heterocycles. The summed E-state index contributed by atoms with van der Waals surface area (Å²) in [5.41, 5.74) is 2.28. The molecule has 2 nitrogen and oxygen atoms in total. The van der Waals surface area contributed by atoms with Gasteiger partial charge in [-0.05, 0) is 31.7 Å². The monoisotopic (exact) mass is 233 g/mol. The average molecular weight is 233 g/mol. The van der Waals surface area contributed by atoms with E-state index in [0.29, 0.717) is 0 Å². The first-order valence-electron chi connectivity index (χ1n) is 6.74. The molecular formula is C15H23NO. The summed E-state index contributed by atoms with van der Waals surface area (Å²) in [6, 6.07) is 8.23. The smallest absolute Gasteiger partial charge is 0.0781 e. The van der Waals surface area contributed by atoms with Crippen molar-refractivity contribution in [1.29, 1.82) is 0 Å². The normalized spacial score (nSPS) is 19.4. The van der Waals surface area contributed by atoms with Crippen molar-refractivity contribution >= 4 is 5.69 Å². The molecule has 1 heterocycles. The van der Waals surface area contributed by atoms with Crippen molar-refractivity contribution in [3.8, 4) is 0 Å². The average Bonchev–Trinajstić information content (AvgIpc) is 2.39. The van der Waals surface area contributed by atoms with Crippen LogP contribution in [0, 0.1) is 5.92 Å². The van der Waals surface area contributed by atoms with Crippen LogP contribution in [-0.4, -0.2) is 18.2 Å². The maximum Gasteiger partial charge on any atom is 0.0781 e. The van der Waals surface area contributed by atoms with Crippen LogP contribution in [0.1, 0.15) is 44.8 Å². The summed E-state index contributed by atoms with van der Waals surface area (Å²) < 4.78 is 0. The van der Waals surface area contributed by atoms with Gasteiger partial charge in [0.1, 0.15) is 0 Å². The molecule has 1 atom stereocenters. The van der Waals surface area contributed by atoms with Gasteiger partial charge in [0.25, 0.3) is 0 Å². The Balaban J connectivity index is 2.13. The summed E-state index contributed by atoms with van der Waals surface area (Å²) >= 11 is 0. The molecule has 2 rings (SSSR count). The van der Waals surface area contributed by atoms with Gasteiger partial charge in [-0.1, -0.05) is 31.5 Å². The Morgan fingerprint density at radius 3 is 2.53 bits per heavy atom. The number of aliphatic hydroxyl groups excluding tert-OH is 1. The number of hydrogen-bond donors (Lipinski definition) is 1. The zero-order chi connectivity index (χ0) is 12.3. The van der Waals surface area contributed by atoms with E-state index in [1.165, 1.54) is 24.9 Å². The van der Waals surface area contributed by atoms with Gasteiger partial charge in [0.2, 0.25) is 0 Å². The number of para-hydroxylation sites is 1. The third-order valence-corrected chi connectivity index (χ3v) is 3.92. The van der Waals surface area contributed by atoms with Crippen LogP contribution in [-0.2, 0) is 0 Å². The molecular weight excluding hydrogens is 210 g/mol. The van der Waals surface area contributed by atoms with Gasteiger partial charge < -0.3 is 10.0 Å². The highest BCUT2D eigenvalue weighted by molar-refractivity contribution is 5.54. The Bertz CT molecular complexity index is 354. The number of piperidine rings is 1. The fourth-order valence-electron chi connectivity index (χ4n) is 2.71. The molecule has 1 aromatic carbocycles. The number of hydrogen-bond acceptors (Lipinski definition) is 2. The Labute approximate surface area is 104 Å². The Morgan fingerprint density at radius 1 is 1.29 bits per heavy atom. The molecule has 0 aliphatic carbocycles. The van der Waals surface area contributed by atoms with E-state index in [1.807, 2.05) is 19.1 Å². The lowest BCUT2D eigenvalue weighted by atomic mass is 9.93. The Hall–Kier alpha value is -1.02. The van der Waals surface area contributed by atoms with E-state index in [-0.39, 0.29) is 6.10 Å². The minimum atomic E-state index is -0.380. The van der Waals surface area contributed by atoms with Crippen LogP contribution >= 0.6 is 0 Å². The topological polar surface area (TPSA) is 23.5 Å². The molecule has 1 N–H and O–H groups in total. The molecule has 0 radical (unpaired) electrons. The van der Waals surface area contributed by atoms with E-state index in [0.717, 1.165) is 24.6 Å². The van der Waals surface area contributed by atoms with E-state index in [1.54, 1.807) is 0 Å². The highest BCUT2D eigenvalue weighted by atomic mass is 16.3. The fourth-order valence-corrected chi connectivity index (χ4v) is 2.71. The minimum absolute atomic E-state index is 0.380. The van der Waals surface area contributed by atoms with E-state index in [2.05, 4.69) is 24.0 Å². The molecule has 0 spiro atoms. The first kappa shape index (κ1) is 12.4. The van der Waals surface area contributed by atoms with Crippen molar-refractivity contribution in [2.45, 2.75) is 39.2 Å². The quantitative estimate of drug-likeness (QED) is 0.865. The summed E-state index contributed by atoms with van der Waals surface area (Å²) in [4.78, 5) is 2.42. The van der Waals surface area contributed by atoms with E-state index < -0.39 is 0 Å². The lowest BCUT2D eigenvalue weighted by Crippen LogP contribution is -2.34. The summed E-state index contributed by atoms with van der Waals surface area (Å²) in [5, 5.41) is 9.81. The maximum atomic E-state index is 9.81. The molecule has 17 heavy (non-hydrogen) atoms. The second-order valence-corrected chi connectivity index (χ2v) is 5.07. The number of benzene rings is 1. The van der Waals surface area contributed by atoms with Gasteiger partial charge in [0.05, 0.1) is 6.10 Å². The molecule has 0 amide bonds. The van der Waals surface area contributed by atoms with Gasteiger partial charge in [0.15, 0.2) is 0 Å². The Morgan fingerprint density at radius 2 is 1.94 bits per heavy atom. The van der Waals surface area contributed by atoms with Gasteiger partial charge >= 0.3 is 0 Å². The lowest BCUT2D eigenvalue weighted by molar-refractivity contribution is 0.199. The van der Waals surface area contributed by atoms with Crippen LogP contribution in [0.2, 0.25) is 0 Å². The molecule has 0 unspecified atom stereocenters. The highest BCUT2D eigenvalue weighted by Gasteiger charge is 2.20. The number of aliphatic hydroxyl groups is 1. The van der Waals surface area contributed by atoms with E-state index in [9.17, 15) is 5.11 Å². The van der Waals surface area contributed by atoms with Crippen molar-refractivity contribution in [1.82, 2.24) is 0 Å². The fraction of sp³-hybridized carbons (Fsp3) is 0.600. The van der Waals surface area contributed by atoms with E-state index in [4.69, 9.17) is 0 Å². The van der Waals surface area contributed by atoms with Gasteiger partial charge in [0, 0.05) is 24.3 Å². The van der Waals surface area contributed by atoms with Crippen LogP contribution in [0.3, 0.4) is 0 Å². The van der Waals surface area contributed by atoms with Crippen molar-refractivity contribution in [2.75, 3.05) is 18.0 Å². The van der Waals surface area contributed by atoms with Gasteiger partial charge in [-0.15, -0.1) is 0 Å². The third kappa shape index (κ3) is 2.81. The van der Waals surface area contributed by atoms with Crippen LogP contribution < -0.4 is 4.90 Å². The van der Waals surface area contributed by atoms with Gasteiger partial charge in [-0.25, -0.2) is 0 Å². The van der Waals surface area contributed by atoms with Crippen LogP contribution in [0.15, 0.2) is 24.3 Å². The maximum absolute atomic E-state index is 9.81. The molecule has 1 aromatic rings. The molecule has 1 fully saturated rings. The number of anilines is 1. The largest absolute Gasteiger partial charge is 0.389 e. The molecule has 1 aliphatic heterocycles. The first-order chi connectivity index (χ1) is 8.22. The van der Waals surface area contributed by atoms with Crippen LogP contribution in [0.5, 0.6) is 0 Å². The van der Waals surface area contributed by atoms with E-state index >= 15 is 0 Å². The van der Waals surface area contributed by atoms with Crippen LogP contribution in [0.4, 0.5) is 5.69 Å². The second kappa shape index (κ2) is 5.54. The SMILES string of the molecule is CCC1CCN(c2ccccc2[C@@H](C)O)CC1. The highest BCUT2D eigenvalue weighted by Crippen LogP contribution is 2.30. The zero-order valence-corrected chi connectivity index (χ0v) is 10.9. The van der Waals surface area contributed by atoms with Crippen molar-refractivity contribution in [3.05, 3.63) is 29.8 Å². The van der Waals surface area contributed by atoms with Crippen molar-refractivity contribution in [3.63, 3.8) is 0 Å².